The van der Waals surface area contributed by atoms with Crippen LogP contribution in [0.15, 0.2) is 42.0 Å². The van der Waals surface area contributed by atoms with E-state index in [1.807, 2.05) is 36.4 Å². The van der Waals surface area contributed by atoms with Crippen LogP contribution in [0.25, 0.3) is 0 Å². The van der Waals surface area contributed by atoms with Crippen molar-refractivity contribution in [2.45, 2.75) is 64.4 Å². The molecule has 1 aliphatic rings. The van der Waals surface area contributed by atoms with E-state index in [1.165, 1.54) is 19.3 Å². The van der Waals surface area contributed by atoms with E-state index in [-0.39, 0.29) is 11.7 Å². The summed E-state index contributed by atoms with van der Waals surface area (Å²) in [6.45, 7) is 2.14. The molecule has 1 aromatic rings. The first-order valence-corrected chi connectivity index (χ1v) is 8.72. The summed E-state index contributed by atoms with van der Waals surface area (Å²) in [7, 11) is 0. The van der Waals surface area contributed by atoms with E-state index in [2.05, 4.69) is 6.92 Å². The van der Waals surface area contributed by atoms with E-state index >= 15 is 0 Å². The first-order chi connectivity index (χ1) is 10.7. The van der Waals surface area contributed by atoms with Crippen molar-refractivity contribution in [2.75, 3.05) is 0 Å². The van der Waals surface area contributed by atoms with Crippen LogP contribution in [0.1, 0.15) is 68.6 Å². The van der Waals surface area contributed by atoms with Crippen LogP contribution in [-0.2, 0) is 0 Å². The third-order valence-electron chi connectivity index (χ3n) is 4.64. The minimum atomic E-state index is -0.607. The first-order valence-electron chi connectivity index (χ1n) is 8.72. The largest absolute Gasteiger partial charge is 0.388 e. The molecule has 2 nitrogen and oxygen atoms in total. The van der Waals surface area contributed by atoms with Gasteiger partial charge >= 0.3 is 0 Å². The normalized spacial score (nSPS) is 18.2. The predicted octanol–water partition coefficient (Wildman–Crippen LogP) is 4.93. The number of Topliss-reactive ketones (excluding diaryl/α,β-unsaturated/α-hetero) is 1. The highest BCUT2D eigenvalue weighted by molar-refractivity contribution is 6.09. The number of aliphatic hydroxyl groups excluding tert-OH is 1. The maximum absolute atomic E-state index is 12.8. The molecule has 1 unspecified atom stereocenters. The molecular weight excluding hydrogens is 272 g/mol. The molecule has 22 heavy (non-hydrogen) atoms. The zero-order chi connectivity index (χ0) is 15.8. The highest BCUT2D eigenvalue weighted by Crippen LogP contribution is 2.30. The summed E-state index contributed by atoms with van der Waals surface area (Å²) in [4.78, 5) is 12.8. The monoisotopic (exact) mass is 300 g/mol. The second-order valence-electron chi connectivity index (χ2n) is 6.34. The molecule has 1 fully saturated rings. The third kappa shape index (κ3) is 4.54. The van der Waals surface area contributed by atoms with Crippen LogP contribution in [0.5, 0.6) is 0 Å². The molecule has 1 aromatic carbocycles. The van der Waals surface area contributed by atoms with Crippen molar-refractivity contribution in [3.05, 3.63) is 47.5 Å². The van der Waals surface area contributed by atoms with Crippen molar-refractivity contribution in [3.8, 4) is 0 Å². The summed E-state index contributed by atoms with van der Waals surface area (Å²) in [6.07, 6.45) is 10.1. The first kappa shape index (κ1) is 17.0. The average Bonchev–Trinajstić information content (AvgIpc) is 2.59. The Hall–Kier alpha value is -1.41. The van der Waals surface area contributed by atoms with Gasteiger partial charge in [-0.25, -0.2) is 0 Å². The number of ketones is 1. The Morgan fingerprint density at radius 3 is 2.55 bits per heavy atom. The number of aliphatic hydroxyl groups is 1. The van der Waals surface area contributed by atoms with Gasteiger partial charge in [-0.3, -0.25) is 4.79 Å². The fraction of sp³-hybridized carbons (Fsp3) is 0.550. The fourth-order valence-electron chi connectivity index (χ4n) is 3.27. The molecule has 1 aliphatic carbocycles. The van der Waals surface area contributed by atoms with Gasteiger partial charge in [-0.2, -0.15) is 0 Å². The number of carbonyl (C=O) groups is 1. The second kappa shape index (κ2) is 8.89. The zero-order valence-corrected chi connectivity index (χ0v) is 13.6. The van der Waals surface area contributed by atoms with Gasteiger partial charge in [0.05, 0.1) is 6.10 Å². The Bertz CT molecular complexity index is 484. The van der Waals surface area contributed by atoms with Crippen molar-refractivity contribution in [3.63, 3.8) is 0 Å². The zero-order valence-electron chi connectivity index (χ0n) is 13.6. The molecule has 0 heterocycles. The van der Waals surface area contributed by atoms with E-state index in [4.69, 9.17) is 0 Å². The summed E-state index contributed by atoms with van der Waals surface area (Å²) >= 11 is 0. The Kier molecular flexibility index (Phi) is 6.85. The molecule has 2 heteroatoms. The summed E-state index contributed by atoms with van der Waals surface area (Å²) in [5.74, 6) is 0.240. The van der Waals surface area contributed by atoms with Gasteiger partial charge in [-0.05, 0) is 25.2 Å². The average molecular weight is 300 g/mol. The number of hydrogen-bond acceptors (Lipinski definition) is 2. The second-order valence-corrected chi connectivity index (χ2v) is 6.34. The van der Waals surface area contributed by atoms with E-state index in [0.717, 1.165) is 32.1 Å². The van der Waals surface area contributed by atoms with Gasteiger partial charge in [0.1, 0.15) is 0 Å². The van der Waals surface area contributed by atoms with E-state index < -0.39 is 6.10 Å². The molecule has 1 N–H and O–H groups in total. The molecule has 0 aliphatic heterocycles. The Morgan fingerprint density at radius 1 is 1.23 bits per heavy atom. The van der Waals surface area contributed by atoms with Crippen LogP contribution in [0.2, 0.25) is 0 Å². The van der Waals surface area contributed by atoms with E-state index in [9.17, 15) is 9.90 Å². The van der Waals surface area contributed by atoms with Gasteiger partial charge in [0.15, 0.2) is 5.78 Å². The third-order valence-corrected chi connectivity index (χ3v) is 4.64. The predicted molar refractivity (Wildman–Crippen MR) is 91.0 cm³/mol. The molecule has 1 saturated carbocycles. The number of allylic oxidation sites excluding steroid dienone is 1. The lowest BCUT2D eigenvalue weighted by molar-refractivity contribution is 0.0874. The minimum absolute atomic E-state index is 0.00484. The Balaban J connectivity index is 2.18. The van der Waals surface area contributed by atoms with E-state index in [1.54, 1.807) is 0 Å². The summed E-state index contributed by atoms with van der Waals surface area (Å²) < 4.78 is 0. The van der Waals surface area contributed by atoms with Crippen molar-refractivity contribution in [2.24, 2.45) is 5.92 Å². The number of benzene rings is 1. The van der Waals surface area contributed by atoms with Crippen LogP contribution in [0, 0.1) is 5.92 Å². The standard InChI is InChI=1S/C20H28O2/c1-2-3-6-15-18(19(21)16-11-7-4-8-12-16)20(22)17-13-9-5-10-14-17/h4,7-8,11-12,15,17,20,22H,2-3,5-6,9-10,13-14H2,1H3/b18-15+. The molecule has 0 amide bonds. The molecule has 0 bridgehead atoms. The molecule has 1 atom stereocenters. The number of carbonyl (C=O) groups excluding carboxylic acids is 1. The molecule has 120 valence electrons. The molecule has 0 aromatic heterocycles. The molecule has 2 rings (SSSR count). The van der Waals surface area contributed by atoms with Crippen LogP contribution >= 0.6 is 0 Å². The smallest absolute Gasteiger partial charge is 0.191 e. The number of hydrogen-bond donors (Lipinski definition) is 1. The van der Waals surface area contributed by atoms with Crippen LogP contribution < -0.4 is 0 Å². The van der Waals surface area contributed by atoms with Gasteiger partial charge in [0.2, 0.25) is 0 Å². The highest BCUT2D eigenvalue weighted by Gasteiger charge is 2.28. The van der Waals surface area contributed by atoms with Crippen molar-refractivity contribution in [1.29, 1.82) is 0 Å². The van der Waals surface area contributed by atoms with Gasteiger partial charge in [-0.15, -0.1) is 0 Å². The van der Waals surface area contributed by atoms with Crippen LogP contribution in [0.4, 0.5) is 0 Å². The van der Waals surface area contributed by atoms with Gasteiger partial charge in [0, 0.05) is 11.1 Å². The summed E-state index contributed by atoms with van der Waals surface area (Å²) in [5.41, 5.74) is 1.30. The Labute approximate surface area is 134 Å². The molecule has 0 spiro atoms. The maximum atomic E-state index is 12.8. The van der Waals surface area contributed by atoms with Gasteiger partial charge < -0.3 is 5.11 Å². The topological polar surface area (TPSA) is 37.3 Å². The number of unbranched alkanes of at least 4 members (excludes halogenated alkanes) is 2. The molecule has 0 saturated heterocycles. The lowest BCUT2D eigenvalue weighted by Crippen LogP contribution is -2.28. The van der Waals surface area contributed by atoms with Gasteiger partial charge in [0.25, 0.3) is 0 Å². The summed E-state index contributed by atoms with van der Waals surface area (Å²) in [6, 6.07) is 9.34. The molecular formula is C20H28O2. The van der Waals surface area contributed by atoms with Crippen molar-refractivity contribution < 1.29 is 9.90 Å². The fourth-order valence-corrected chi connectivity index (χ4v) is 3.27. The SMILES string of the molecule is CCCC/C=C(\C(=O)c1ccccc1)C(O)C1CCCCC1. The highest BCUT2D eigenvalue weighted by atomic mass is 16.3. The van der Waals surface area contributed by atoms with Crippen LogP contribution in [0.3, 0.4) is 0 Å². The van der Waals surface area contributed by atoms with Crippen molar-refractivity contribution >= 4 is 5.78 Å². The quantitative estimate of drug-likeness (QED) is 0.440. The van der Waals surface area contributed by atoms with Crippen molar-refractivity contribution in [1.82, 2.24) is 0 Å². The lowest BCUT2D eigenvalue weighted by Gasteiger charge is -2.28. The van der Waals surface area contributed by atoms with Crippen LogP contribution in [-0.4, -0.2) is 17.0 Å². The maximum Gasteiger partial charge on any atom is 0.191 e. The number of rotatable bonds is 7. The molecule has 0 radical (unpaired) electrons. The van der Waals surface area contributed by atoms with Gasteiger partial charge in [-0.1, -0.05) is 75.4 Å². The lowest BCUT2D eigenvalue weighted by atomic mass is 9.80. The van der Waals surface area contributed by atoms with E-state index in [0.29, 0.717) is 11.1 Å². The Morgan fingerprint density at radius 2 is 1.91 bits per heavy atom. The minimum Gasteiger partial charge on any atom is -0.388 e. The summed E-state index contributed by atoms with van der Waals surface area (Å²) in [5, 5.41) is 10.8.